The van der Waals surface area contributed by atoms with Crippen LogP contribution in [-0.2, 0) is 9.59 Å². The zero-order valence-corrected chi connectivity index (χ0v) is 16.9. The first-order valence-corrected chi connectivity index (χ1v) is 9.65. The predicted octanol–water partition coefficient (Wildman–Crippen LogP) is 2.89. The number of hydrogen-bond donors (Lipinski definition) is 2. The average molecular weight is 423 g/mol. The molecule has 0 saturated carbocycles. The number of aromatic nitrogens is 2. The van der Waals surface area contributed by atoms with Crippen molar-refractivity contribution in [1.82, 2.24) is 9.78 Å². The van der Waals surface area contributed by atoms with E-state index in [1.807, 2.05) is 25.1 Å². The number of nitrogens with zero attached hydrogens (tertiary/aromatic N) is 4. The van der Waals surface area contributed by atoms with Gasteiger partial charge in [0, 0.05) is 17.5 Å². The number of primary amides is 1. The Balaban J connectivity index is 1.60. The first-order valence-electron chi connectivity index (χ1n) is 9.27. The number of aryl methyl sites for hydroxylation is 1. The maximum Gasteiger partial charge on any atom is 0.273 e. The molecule has 0 radical (unpaired) electrons. The molecule has 0 bridgehead atoms. The summed E-state index contributed by atoms with van der Waals surface area (Å²) in [4.78, 5) is 24.9. The second-order valence-electron chi connectivity index (χ2n) is 6.86. The number of amides is 2. The maximum absolute atomic E-state index is 12.9. The Kier molecular flexibility index (Phi) is 5.24. The number of carbonyl (C=O) groups is 2. The average Bonchev–Trinajstić information content (AvgIpc) is 3.33. The third-order valence-corrected chi connectivity index (χ3v) is 4.92. The normalized spacial score (nSPS) is 15.7. The van der Waals surface area contributed by atoms with E-state index in [4.69, 9.17) is 17.3 Å². The van der Waals surface area contributed by atoms with E-state index in [-0.39, 0.29) is 12.1 Å². The molecule has 2 heterocycles. The summed E-state index contributed by atoms with van der Waals surface area (Å²) in [6.07, 6.45) is 0.115. The molecule has 3 aromatic rings. The van der Waals surface area contributed by atoms with Crippen LogP contribution in [0.1, 0.15) is 12.1 Å². The number of rotatable bonds is 5. The fraction of sp³-hybridized carbons (Fsp3) is 0.143. The second kappa shape index (κ2) is 8.00. The molecule has 1 aliphatic rings. The van der Waals surface area contributed by atoms with Crippen molar-refractivity contribution in [3.63, 3.8) is 0 Å². The van der Waals surface area contributed by atoms with Gasteiger partial charge in [-0.15, -0.1) is 0 Å². The van der Waals surface area contributed by atoms with Crippen molar-refractivity contribution in [2.24, 2.45) is 10.8 Å². The summed E-state index contributed by atoms with van der Waals surface area (Å²) in [5, 5.41) is 13.7. The summed E-state index contributed by atoms with van der Waals surface area (Å²) in [6.45, 7) is 1.83. The third-order valence-electron chi connectivity index (χ3n) is 4.67. The maximum atomic E-state index is 12.9. The molecule has 8 nitrogen and oxygen atoms in total. The van der Waals surface area contributed by atoms with Crippen molar-refractivity contribution in [2.75, 3.05) is 10.3 Å². The molecule has 30 heavy (non-hydrogen) atoms. The number of para-hydroxylation sites is 1. The van der Waals surface area contributed by atoms with Gasteiger partial charge in [-0.25, -0.2) is 4.68 Å². The number of carbonyl (C=O) groups excluding carboxylic acids is 2. The fourth-order valence-electron chi connectivity index (χ4n) is 3.24. The molecule has 0 saturated heterocycles. The topological polar surface area (TPSA) is 106 Å². The molecule has 0 spiro atoms. The molecule has 1 atom stereocenters. The van der Waals surface area contributed by atoms with E-state index >= 15 is 0 Å². The Labute approximate surface area is 177 Å². The van der Waals surface area contributed by atoms with Crippen molar-refractivity contribution in [3.8, 4) is 5.69 Å². The smallest absolute Gasteiger partial charge is 0.273 e. The van der Waals surface area contributed by atoms with E-state index in [9.17, 15) is 9.59 Å². The van der Waals surface area contributed by atoms with Crippen LogP contribution in [0.4, 0.5) is 11.5 Å². The molecule has 3 N–H and O–H groups in total. The summed E-state index contributed by atoms with van der Waals surface area (Å²) in [6, 6.07) is 17.2. The molecule has 4 rings (SSSR count). The van der Waals surface area contributed by atoms with Crippen LogP contribution in [0.2, 0.25) is 5.02 Å². The van der Waals surface area contributed by atoms with Gasteiger partial charge >= 0.3 is 0 Å². The number of nitrogens with one attached hydrogen (secondary N) is 1. The van der Waals surface area contributed by atoms with Gasteiger partial charge in [-0.05, 0) is 43.3 Å². The number of hydrogen-bond acceptors (Lipinski definition) is 5. The van der Waals surface area contributed by atoms with Gasteiger partial charge in [-0.3, -0.25) is 14.6 Å². The Morgan fingerprint density at radius 2 is 1.80 bits per heavy atom. The van der Waals surface area contributed by atoms with Crippen LogP contribution >= 0.6 is 11.6 Å². The lowest BCUT2D eigenvalue weighted by molar-refractivity contribution is -0.119. The summed E-state index contributed by atoms with van der Waals surface area (Å²) >= 11 is 5.96. The molecule has 2 aromatic carbocycles. The zero-order valence-electron chi connectivity index (χ0n) is 16.1. The molecule has 0 aliphatic carbocycles. The van der Waals surface area contributed by atoms with Gasteiger partial charge in [0.1, 0.15) is 17.6 Å². The van der Waals surface area contributed by atoms with Crippen LogP contribution in [-0.4, -0.2) is 33.3 Å². The van der Waals surface area contributed by atoms with Crippen LogP contribution in [0.15, 0.2) is 65.8 Å². The van der Waals surface area contributed by atoms with E-state index in [2.05, 4.69) is 15.5 Å². The van der Waals surface area contributed by atoms with Crippen LogP contribution < -0.4 is 16.1 Å². The van der Waals surface area contributed by atoms with Crippen molar-refractivity contribution in [3.05, 3.63) is 71.4 Å². The fourth-order valence-corrected chi connectivity index (χ4v) is 3.37. The second-order valence-corrected chi connectivity index (χ2v) is 7.30. The quantitative estimate of drug-likeness (QED) is 0.659. The van der Waals surface area contributed by atoms with Gasteiger partial charge < -0.3 is 11.1 Å². The molecule has 1 unspecified atom stereocenters. The van der Waals surface area contributed by atoms with E-state index in [0.717, 1.165) is 11.4 Å². The first-order chi connectivity index (χ1) is 14.4. The van der Waals surface area contributed by atoms with Gasteiger partial charge in [-0.1, -0.05) is 29.8 Å². The largest absolute Gasteiger partial charge is 0.368 e. The van der Waals surface area contributed by atoms with E-state index in [1.54, 1.807) is 47.1 Å². The highest BCUT2D eigenvalue weighted by atomic mass is 35.5. The van der Waals surface area contributed by atoms with Gasteiger partial charge in [-0.2, -0.15) is 10.2 Å². The Morgan fingerprint density at radius 1 is 1.10 bits per heavy atom. The molecular weight excluding hydrogens is 404 g/mol. The summed E-state index contributed by atoms with van der Waals surface area (Å²) < 4.78 is 1.61. The lowest BCUT2D eigenvalue weighted by atomic mass is 10.1. The van der Waals surface area contributed by atoms with Crippen LogP contribution in [0.25, 0.3) is 5.69 Å². The van der Waals surface area contributed by atoms with Gasteiger partial charge in [0.05, 0.1) is 17.1 Å². The minimum atomic E-state index is -0.726. The summed E-state index contributed by atoms with van der Waals surface area (Å²) in [5.74, 6) is -0.487. The highest BCUT2D eigenvalue weighted by molar-refractivity contribution is 6.44. The lowest BCUT2D eigenvalue weighted by Gasteiger charge is -2.20. The Bertz CT molecular complexity index is 1120. The van der Waals surface area contributed by atoms with E-state index in [0.29, 0.717) is 16.5 Å². The van der Waals surface area contributed by atoms with Crippen LogP contribution in [0.5, 0.6) is 0 Å². The molecular formula is C21H19ClN6O2. The van der Waals surface area contributed by atoms with E-state index in [1.165, 1.54) is 5.01 Å². The predicted molar refractivity (Wildman–Crippen MR) is 116 cm³/mol. The number of halogens is 1. The van der Waals surface area contributed by atoms with Crippen molar-refractivity contribution in [1.29, 1.82) is 0 Å². The molecule has 1 aliphatic heterocycles. The molecule has 9 heteroatoms. The Hall–Kier alpha value is -3.65. The van der Waals surface area contributed by atoms with Crippen LogP contribution in [0.3, 0.4) is 0 Å². The number of benzene rings is 2. The number of nitrogens with two attached hydrogens (primary N) is 1. The molecule has 0 fully saturated rings. The third kappa shape index (κ3) is 3.90. The monoisotopic (exact) mass is 422 g/mol. The molecule has 2 amide bonds. The first kappa shape index (κ1) is 19.7. The lowest BCUT2D eigenvalue weighted by Crippen LogP contribution is -2.39. The highest BCUT2D eigenvalue weighted by Gasteiger charge is 2.35. The SMILES string of the molecule is Cc1cc(NC(=O)C2=NN(c3ccccc3)C(C(N)=O)C2)n(-c2ccc(Cl)cc2)n1. The number of hydrazone groups is 1. The van der Waals surface area contributed by atoms with Crippen molar-refractivity contribution < 1.29 is 9.59 Å². The zero-order chi connectivity index (χ0) is 21.3. The van der Waals surface area contributed by atoms with Crippen LogP contribution in [0, 0.1) is 6.92 Å². The molecule has 1 aromatic heterocycles. The standard InChI is InChI=1S/C21H19ClN6O2/c1-13-11-19(28(25-13)16-9-7-14(22)8-10-16)24-21(30)17-12-18(20(23)29)27(26-17)15-5-3-2-4-6-15/h2-11,18H,12H2,1H3,(H2,23,29)(H,24,30). The van der Waals surface area contributed by atoms with Gasteiger partial charge in [0.2, 0.25) is 5.91 Å². The van der Waals surface area contributed by atoms with Crippen molar-refractivity contribution >= 4 is 40.6 Å². The minimum absolute atomic E-state index is 0.115. The highest BCUT2D eigenvalue weighted by Crippen LogP contribution is 2.25. The minimum Gasteiger partial charge on any atom is -0.368 e. The summed E-state index contributed by atoms with van der Waals surface area (Å²) in [5.41, 5.74) is 7.92. The van der Waals surface area contributed by atoms with Gasteiger partial charge in [0.15, 0.2) is 0 Å². The number of anilines is 2. The summed E-state index contributed by atoms with van der Waals surface area (Å²) in [7, 11) is 0. The Morgan fingerprint density at radius 3 is 2.47 bits per heavy atom. The molecule has 152 valence electrons. The van der Waals surface area contributed by atoms with Gasteiger partial charge in [0.25, 0.3) is 5.91 Å². The van der Waals surface area contributed by atoms with Crippen molar-refractivity contribution in [2.45, 2.75) is 19.4 Å². The van der Waals surface area contributed by atoms with E-state index < -0.39 is 17.9 Å².